The quantitative estimate of drug-likeness (QED) is 0.899. The van der Waals surface area contributed by atoms with Gasteiger partial charge in [0, 0.05) is 10.6 Å². The molecule has 1 aromatic rings. The third-order valence-electron chi connectivity index (χ3n) is 2.59. The Labute approximate surface area is 122 Å². The lowest BCUT2D eigenvalue weighted by Crippen LogP contribution is -2.51. The van der Waals surface area contributed by atoms with Gasteiger partial charge in [0.2, 0.25) is 0 Å². The van der Waals surface area contributed by atoms with Crippen molar-refractivity contribution in [2.45, 2.75) is 38.8 Å². The van der Waals surface area contributed by atoms with Crippen molar-refractivity contribution in [3.05, 3.63) is 34.9 Å². The van der Waals surface area contributed by atoms with Crippen LogP contribution in [0.4, 0.5) is 4.79 Å². The van der Waals surface area contributed by atoms with Crippen LogP contribution in [0.1, 0.15) is 33.3 Å². The number of amides is 1. The Kier molecular flexibility index (Phi) is 4.65. The summed E-state index contributed by atoms with van der Waals surface area (Å²) in [7, 11) is 0. The number of halogens is 1. The van der Waals surface area contributed by atoms with Crippen molar-refractivity contribution in [1.29, 1.82) is 0 Å². The molecule has 1 amide bonds. The number of carboxylic acids is 1. The van der Waals surface area contributed by atoms with Crippen molar-refractivity contribution in [3.63, 3.8) is 0 Å². The predicted octanol–water partition coefficient (Wildman–Crippen LogP) is 3.16. The van der Waals surface area contributed by atoms with E-state index in [-0.39, 0.29) is 5.02 Å². The summed E-state index contributed by atoms with van der Waals surface area (Å²) in [6.45, 7) is 6.45. The Hall–Kier alpha value is -1.75. The molecule has 0 saturated heterocycles. The zero-order valence-corrected chi connectivity index (χ0v) is 12.6. The van der Waals surface area contributed by atoms with Gasteiger partial charge in [0.15, 0.2) is 5.54 Å². The van der Waals surface area contributed by atoms with Gasteiger partial charge < -0.3 is 15.2 Å². The first-order chi connectivity index (χ1) is 9.06. The number of nitrogens with one attached hydrogen (secondary N) is 1. The number of hydrogen-bond donors (Lipinski definition) is 2. The second-order valence-electron chi connectivity index (χ2n) is 5.54. The lowest BCUT2D eigenvalue weighted by molar-refractivity contribution is -0.144. The molecule has 0 aliphatic carbocycles. The van der Waals surface area contributed by atoms with Crippen LogP contribution < -0.4 is 5.32 Å². The van der Waals surface area contributed by atoms with E-state index in [1.807, 2.05) is 0 Å². The number of rotatable bonds is 3. The van der Waals surface area contributed by atoms with Gasteiger partial charge in [0.25, 0.3) is 0 Å². The lowest BCUT2D eigenvalue weighted by Gasteiger charge is -2.29. The zero-order chi connectivity index (χ0) is 15.6. The van der Waals surface area contributed by atoms with Crippen LogP contribution in [0, 0.1) is 0 Å². The number of carbonyl (C=O) groups excluding carboxylic acids is 1. The maximum absolute atomic E-state index is 11.8. The SMILES string of the molecule is CC(C)(C)OC(=O)N[C@@](C)(C(=O)O)c1ccccc1Cl. The first kappa shape index (κ1) is 16.3. The molecule has 0 unspecified atom stereocenters. The summed E-state index contributed by atoms with van der Waals surface area (Å²) < 4.78 is 5.09. The number of carbonyl (C=O) groups is 2. The summed E-state index contributed by atoms with van der Waals surface area (Å²) in [5.41, 5.74) is -2.09. The van der Waals surface area contributed by atoms with E-state index in [9.17, 15) is 14.7 Å². The summed E-state index contributed by atoms with van der Waals surface area (Å²) in [6.07, 6.45) is -0.817. The third-order valence-corrected chi connectivity index (χ3v) is 2.92. The smallest absolute Gasteiger partial charge is 0.408 e. The molecule has 0 saturated carbocycles. The number of alkyl carbamates (subject to hydrolysis) is 1. The van der Waals surface area contributed by atoms with Gasteiger partial charge >= 0.3 is 12.1 Å². The maximum Gasteiger partial charge on any atom is 0.408 e. The van der Waals surface area contributed by atoms with Crippen LogP contribution in [0.25, 0.3) is 0 Å². The molecule has 0 heterocycles. The molecule has 0 bridgehead atoms. The lowest BCUT2D eigenvalue weighted by atomic mass is 9.92. The van der Waals surface area contributed by atoms with Crippen molar-refractivity contribution in [1.82, 2.24) is 5.32 Å². The van der Waals surface area contributed by atoms with Gasteiger partial charge in [-0.2, -0.15) is 0 Å². The fourth-order valence-electron chi connectivity index (χ4n) is 1.61. The third kappa shape index (κ3) is 3.87. The number of hydrogen-bond acceptors (Lipinski definition) is 3. The zero-order valence-electron chi connectivity index (χ0n) is 11.9. The van der Waals surface area contributed by atoms with E-state index in [0.29, 0.717) is 5.56 Å². The molecular weight excluding hydrogens is 282 g/mol. The highest BCUT2D eigenvalue weighted by Gasteiger charge is 2.39. The summed E-state index contributed by atoms with van der Waals surface area (Å²) in [5, 5.41) is 12.0. The highest BCUT2D eigenvalue weighted by atomic mass is 35.5. The first-order valence-electron chi connectivity index (χ1n) is 6.06. The van der Waals surface area contributed by atoms with E-state index in [4.69, 9.17) is 16.3 Å². The molecule has 0 fully saturated rings. The molecule has 0 aromatic heterocycles. The molecular formula is C14H18ClNO4. The molecule has 2 N–H and O–H groups in total. The standard InChI is InChI=1S/C14H18ClNO4/c1-13(2,3)20-12(19)16-14(4,11(17)18)9-7-5-6-8-10(9)15/h5-8H,1-4H3,(H,16,19)(H,17,18)/t14-/m1/s1. The molecule has 1 rings (SSSR count). The first-order valence-corrected chi connectivity index (χ1v) is 6.43. The Morgan fingerprint density at radius 2 is 1.75 bits per heavy atom. The van der Waals surface area contributed by atoms with Crippen LogP contribution in [-0.2, 0) is 15.1 Å². The van der Waals surface area contributed by atoms with Crippen molar-refractivity contribution in [2.75, 3.05) is 0 Å². The predicted molar refractivity (Wildman–Crippen MR) is 75.8 cm³/mol. The summed E-state index contributed by atoms with van der Waals surface area (Å²) in [6, 6.07) is 6.45. The van der Waals surface area contributed by atoms with E-state index < -0.39 is 23.2 Å². The van der Waals surface area contributed by atoms with Gasteiger partial charge in [-0.3, -0.25) is 0 Å². The maximum atomic E-state index is 11.8. The molecule has 0 spiro atoms. The fraction of sp³-hybridized carbons (Fsp3) is 0.429. The molecule has 6 heteroatoms. The molecule has 5 nitrogen and oxygen atoms in total. The number of carboxylic acid groups (broad SMARTS) is 1. The molecule has 1 atom stereocenters. The van der Waals surface area contributed by atoms with E-state index in [1.54, 1.807) is 45.0 Å². The Balaban J connectivity index is 3.09. The van der Waals surface area contributed by atoms with Crippen molar-refractivity contribution >= 4 is 23.7 Å². The monoisotopic (exact) mass is 299 g/mol. The summed E-state index contributed by atoms with van der Waals surface area (Å²) in [5.74, 6) is -1.23. The molecule has 0 aliphatic heterocycles. The van der Waals surface area contributed by atoms with Gasteiger partial charge in [-0.25, -0.2) is 9.59 Å². The normalized spacial score (nSPS) is 14.2. The van der Waals surface area contributed by atoms with Gasteiger partial charge in [-0.1, -0.05) is 29.8 Å². The molecule has 110 valence electrons. The highest BCUT2D eigenvalue weighted by molar-refractivity contribution is 6.31. The van der Waals surface area contributed by atoms with Crippen LogP contribution in [-0.4, -0.2) is 22.8 Å². The van der Waals surface area contributed by atoms with E-state index in [0.717, 1.165) is 0 Å². The average molecular weight is 300 g/mol. The molecule has 0 aliphatic rings. The van der Waals surface area contributed by atoms with Gasteiger partial charge in [0.05, 0.1) is 0 Å². The average Bonchev–Trinajstić information content (AvgIpc) is 2.26. The summed E-state index contributed by atoms with van der Waals surface area (Å²) >= 11 is 6.01. The van der Waals surface area contributed by atoms with E-state index in [1.165, 1.54) is 6.92 Å². The fourth-order valence-corrected chi connectivity index (χ4v) is 1.94. The van der Waals surface area contributed by atoms with Gasteiger partial charge in [0.1, 0.15) is 5.60 Å². The largest absolute Gasteiger partial charge is 0.479 e. The minimum atomic E-state index is -1.67. The van der Waals surface area contributed by atoms with Crippen LogP contribution in [0.3, 0.4) is 0 Å². The minimum absolute atomic E-state index is 0.258. The number of ether oxygens (including phenoxy) is 1. The highest BCUT2D eigenvalue weighted by Crippen LogP contribution is 2.28. The molecule has 0 radical (unpaired) electrons. The Bertz CT molecular complexity index is 524. The van der Waals surface area contributed by atoms with Crippen LogP contribution in [0.2, 0.25) is 5.02 Å². The number of aliphatic carboxylic acids is 1. The minimum Gasteiger partial charge on any atom is -0.479 e. The van der Waals surface area contributed by atoms with Crippen molar-refractivity contribution in [3.8, 4) is 0 Å². The van der Waals surface area contributed by atoms with E-state index in [2.05, 4.69) is 5.32 Å². The van der Waals surface area contributed by atoms with Crippen molar-refractivity contribution < 1.29 is 19.4 Å². The van der Waals surface area contributed by atoms with Crippen molar-refractivity contribution in [2.24, 2.45) is 0 Å². The Morgan fingerprint density at radius 3 is 2.20 bits per heavy atom. The van der Waals surface area contributed by atoms with Gasteiger partial charge in [-0.15, -0.1) is 0 Å². The summed E-state index contributed by atoms with van der Waals surface area (Å²) in [4.78, 5) is 23.4. The van der Waals surface area contributed by atoms with Crippen LogP contribution in [0.5, 0.6) is 0 Å². The van der Waals surface area contributed by atoms with Crippen LogP contribution >= 0.6 is 11.6 Å². The second-order valence-corrected chi connectivity index (χ2v) is 5.94. The second kappa shape index (κ2) is 5.71. The topological polar surface area (TPSA) is 75.6 Å². The molecule has 1 aromatic carbocycles. The van der Waals surface area contributed by atoms with Gasteiger partial charge in [-0.05, 0) is 33.8 Å². The van der Waals surface area contributed by atoms with E-state index >= 15 is 0 Å². The molecule has 20 heavy (non-hydrogen) atoms. The Morgan fingerprint density at radius 1 is 1.20 bits per heavy atom. The number of benzene rings is 1. The van der Waals surface area contributed by atoms with Crippen LogP contribution in [0.15, 0.2) is 24.3 Å².